The summed E-state index contributed by atoms with van der Waals surface area (Å²) in [5.74, 6) is 0.287. The van der Waals surface area contributed by atoms with Gasteiger partial charge >= 0.3 is 28.6 Å². The third-order valence-electron chi connectivity index (χ3n) is 9.54. The summed E-state index contributed by atoms with van der Waals surface area (Å²) in [6, 6.07) is 25.6. The molecule has 2 aliphatic heterocycles. The van der Waals surface area contributed by atoms with Crippen molar-refractivity contribution >= 4 is 50.3 Å². The van der Waals surface area contributed by atoms with Crippen molar-refractivity contribution in [3.05, 3.63) is 84.4 Å². The molecule has 23 heteroatoms. The number of carbonyl (C=O) groups is 3. The van der Waals surface area contributed by atoms with Gasteiger partial charge in [-0.05, 0) is 62.6 Å². The maximum Gasteiger partial charge on any atom is 0.414 e. The Bertz CT molecular complexity index is 2050. The van der Waals surface area contributed by atoms with Crippen molar-refractivity contribution in [1.29, 1.82) is 0 Å². The van der Waals surface area contributed by atoms with E-state index in [0.29, 0.717) is 32.5 Å². The molecular formula is C42H67N5O16S2. The molecule has 3 aromatic carbocycles. The van der Waals surface area contributed by atoms with Gasteiger partial charge in [0.15, 0.2) is 0 Å². The molecule has 2 fully saturated rings. The highest BCUT2D eigenvalue weighted by Crippen LogP contribution is 2.36. The van der Waals surface area contributed by atoms with Crippen LogP contribution in [0.1, 0.15) is 37.2 Å². The van der Waals surface area contributed by atoms with E-state index in [-0.39, 0.29) is 36.3 Å². The predicted octanol–water partition coefficient (Wildman–Crippen LogP) is 3.09. The zero-order chi connectivity index (χ0) is 49.2. The molecule has 4 N–H and O–H groups in total. The fourth-order valence-corrected chi connectivity index (χ4v) is 6.02. The Hall–Kier alpha value is -4.79. The fraction of sp³-hybridized carbons (Fsp3) is 0.500. The number of nitrogens with zero attached hydrogens (tertiary/aromatic N) is 5. The first kappa shape index (κ1) is 60.2. The number of quaternary nitrogens is 2. The monoisotopic (exact) mass is 961 g/mol. The lowest BCUT2D eigenvalue weighted by Gasteiger charge is -2.36. The number of aliphatic hydroxyl groups is 1. The van der Waals surface area contributed by atoms with Crippen LogP contribution in [0.2, 0.25) is 0 Å². The molecule has 2 heterocycles. The number of carbonyl (C=O) groups excluding carboxylic acids is 3. The Kier molecular flexibility index (Phi) is 25.0. The molecule has 0 radical (unpaired) electrons. The summed E-state index contributed by atoms with van der Waals surface area (Å²) < 4.78 is 81.2. The molecule has 2 aliphatic rings. The maximum atomic E-state index is 12.4. The van der Waals surface area contributed by atoms with Crippen molar-refractivity contribution in [2.75, 3.05) is 91.2 Å². The van der Waals surface area contributed by atoms with Crippen molar-refractivity contribution in [1.82, 2.24) is 23.7 Å². The average Bonchev–Trinajstić information content (AvgIpc) is 3.37. The SMILES string of the molecule is CN(C)C(=O)Oc1cccc([N+](C)(C)C)c1.CN(C)C(=O)Oc1cccc([N+](C)(C)C)c1.CN1[C@@H]2CC[C@H]1C[C@@H](OC(=O)C(CO)c1ccccc1)C2.COS(=O)(=O)O.O.O=S(=O)([O-])[O-]. The lowest BCUT2D eigenvalue weighted by Crippen LogP contribution is -2.43. The molecule has 4 atom stereocenters. The van der Waals surface area contributed by atoms with Crippen LogP contribution in [0, 0.1) is 0 Å². The van der Waals surface area contributed by atoms with Crippen LogP contribution in [-0.2, 0) is 34.5 Å². The maximum absolute atomic E-state index is 12.4. The summed E-state index contributed by atoms with van der Waals surface area (Å²) in [6.45, 7) is -0.206. The van der Waals surface area contributed by atoms with Crippen LogP contribution in [0.15, 0.2) is 78.9 Å². The lowest BCUT2D eigenvalue weighted by atomic mass is 9.98. The number of benzene rings is 3. The molecule has 21 nitrogen and oxygen atoms in total. The van der Waals surface area contributed by atoms with Gasteiger partial charge in [-0.15, -0.1) is 0 Å². The van der Waals surface area contributed by atoms with Crippen LogP contribution in [-0.4, -0.2) is 183 Å². The van der Waals surface area contributed by atoms with Crippen LogP contribution < -0.4 is 18.4 Å². The minimum atomic E-state index is -5.17. The molecule has 5 rings (SSSR count). The second kappa shape index (κ2) is 27.0. The summed E-state index contributed by atoms with van der Waals surface area (Å²) >= 11 is 0. The van der Waals surface area contributed by atoms with Gasteiger partial charge in [0, 0.05) is 62.8 Å². The smallest absolute Gasteiger partial charge is 0.414 e. The van der Waals surface area contributed by atoms with Gasteiger partial charge in [0.2, 0.25) is 0 Å². The summed E-state index contributed by atoms with van der Waals surface area (Å²) in [5, 5.41) is 9.53. The van der Waals surface area contributed by atoms with E-state index in [1.807, 2.05) is 66.7 Å². The molecule has 0 saturated carbocycles. The van der Waals surface area contributed by atoms with E-state index in [2.05, 4.69) is 58.4 Å². The topological polar surface area (TPSA) is 284 Å². The van der Waals surface area contributed by atoms with Gasteiger partial charge < -0.3 is 48.6 Å². The van der Waals surface area contributed by atoms with Gasteiger partial charge in [0.25, 0.3) is 0 Å². The van der Waals surface area contributed by atoms with Gasteiger partial charge in [-0.25, -0.2) is 9.59 Å². The van der Waals surface area contributed by atoms with Gasteiger partial charge in [0.1, 0.15) is 34.9 Å². The first-order chi connectivity index (χ1) is 29.4. The predicted molar refractivity (Wildman–Crippen MR) is 244 cm³/mol. The summed E-state index contributed by atoms with van der Waals surface area (Å²) in [6.07, 6.45) is 3.53. The number of fused-ring (bicyclic) bond motifs is 2. The van der Waals surface area contributed by atoms with Crippen LogP contribution in [0.25, 0.3) is 0 Å². The Balaban J connectivity index is 0.000000849. The highest BCUT2D eigenvalue weighted by molar-refractivity contribution is 7.80. The minimum Gasteiger partial charge on any atom is -0.759 e. The van der Waals surface area contributed by atoms with Crippen LogP contribution in [0.4, 0.5) is 21.0 Å². The molecule has 2 amide bonds. The quantitative estimate of drug-likeness (QED) is 0.135. The van der Waals surface area contributed by atoms with Gasteiger partial charge in [0.05, 0.1) is 56.0 Å². The molecule has 65 heavy (non-hydrogen) atoms. The Morgan fingerprint density at radius 2 is 1.11 bits per heavy atom. The zero-order valence-corrected chi connectivity index (χ0v) is 40.7. The van der Waals surface area contributed by atoms with Crippen LogP contribution >= 0.6 is 0 Å². The minimum absolute atomic E-state index is 0. The molecule has 1 unspecified atom stereocenters. The normalized spacial score (nSPS) is 17.1. The summed E-state index contributed by atoms with van der Waals surface area (Å²) in [5.41, 5.74) is 2.99. The number of aliphatic hydroxyl groups excluding tert-OH is 1. The molecule has 2 bridgehead atoms. The highest BCUT2D eigenvalue weighted by Gasteiger charge is 2.40. The number of amides is 2. The number of hydrogen-bond acceptors (Lipinski definition) is 15. The van der Waals surface area contributed by atoms with E-state index in [1.165, 1.54) is 22.6 Å². The molecule has 0 aromatic heterocycles. The standard InChI is InChI=1S/C17H23NO3.2C12H19N2O2.CH4O4S.H2O4S.H2O/c1-18-13-7-8-14(18)10-15(9-13)21-17(20)16(11-19)12-5-3-2-4-6-12;2*1-13(2)12(15)16-11-8-6-7-10(9-11)14(3,4)5;1-5-6(2,3)4;1-5(2,3)4;/h2-6,13-16,19H,7-11H2,1H3;2*6-9H,1-5H3;1H3,(H,2,3,4);(H2,1,2,3,4);1H2/q;2*+1;;;/p-2/t13-,14+,15+,16?;;;;;. The van der Waals surface area contributed by atoms with Crippen molar-refractivity contribution in [2.24, 2.45) is 0 Å². The zero-order valence-electron chi connectivity index (χ0n) is 39.1. The van der Waals surface area contributed by atoms with Crippen molar-refractivity contribution in [3.8, 4) is 11.5 Å². The highest BCUT2D eigenvalue weighted by atomic mass is 32.3. The van der Waals surface area contributed by atoms with E-state index in [0.717, 1.165) is 36.9 Å². The third-order valence-corrected chi connectivity index (χ3v) is 9.96. The Morgan fingerprint density at radius 3 is 1.42 bits per heavy atom. The van der Waals surface area contributed by atoms with Crippen LogP contribution in [0.3, 0.4) is 0 Å². The second-order valence-electron chi connectivity index (χ2n) is 16.8. The third kappa shape index (κ3) is 24.4. The first-order valence-electron chi connectivity index (χ1n) is 19.8. The Labute approximate surface area is 383 Å². The van der Waals surface area contributed by atoms with Crippen molar-refractivity contribution in [3.63, 3.8) is 0 Å². The lowest BCUT2D eigenvalue weighted by molar-refractivity contribution is -0.155. The van der Waals surface area contributed by atoms with Crippen LogP contribution in [0.5, 0.6) is 11.5 Å². The van der Waals surface area contributed by atoms with E-state index in [1.54, 1.807) is 40.3 Å². The number of ether oxygens (including phenoxy) is 3. The second-order valence-corrected chi connectivity index (χ2v) is 18.8. The molecule has 0 aliphatic carbocycles. The first-order valence-corrected chi connectivity index (χ1v) is 22.5. The molecule has 2 saturated heterocycles. The van der Waals surface area contributed by atoms with Gasteiger partial charge in [-0.1, -0.05) is 42.5 Å². The fourth-order valence-electron chi connectivity index (χ4n) is 6.02. The van der Waals surface area contributed by atoms with Gasteiger partial charge in [-0.2, -0.15) is 8.42 Å². The number of hydrogen-bond donors (Lipinski definition) is 2. The number of esters is 1. The van der Waals surface area contributed by atoms with E-state index >= 15 is 0 Å². The van der Waals surface area contributed by atoms with Crippen molar-refractivity contribution in [2.45, 2.75) is 49.8 Å². The summed E-state index contributed by atoms with van der Waals surface area (Å²) in [4.78, 5) is 40.3. The molecule has 0 spiro atoms. The number of piperidine rings is 1. The van der Waals surface area contributed by atoms with E-state index in [4.69, 9.17) is 36.3 Å². The largest absolute Gasteiger partial charge is 0.759 e. The summed E-state index contributed by atoms with van der Waals surface area (Å²) in [7, 11) is 12.7. The number of rotatable bonds is 9. The molecule has 3 aromatic rings. The molecule has 368 valence electrons. The van der Waals surface area contributed by atoms with E-state index < -0.39 is 26.7 Å². The average molecular weight is 962 g/mol. The van der Waals surface area contributed by atoms with E-state index in [9.17, 15) is 27.9 Å². The van der Waals surface area contributed by atoms with Crippen molar-refractivity contribution < 1.29 is 73.9 Å². The van der Waals surface area contributed by atoms with Gasteiger partial charge in [-0.3, -0.25) is 30.9 Å². The molecular weight excluding hydrogens is 895 g/mol. The Morgan fingerprint density at radius 1 is 0.738 bits per heavy atom.